The van der Waals surface area contributed by atoms with Gasteiger partial charge in [-0.1, -0.05) is 35.9 Å². The largest absolute Gasteiger partial charge is 0.495 e. The molecule has 1 heterocycles. The van der Waals surface area contributed by atoms with Gasteiger partial charge in [-0.05, 0) is 31.5 Å². The number of rotatable bonds is 4. The minimum Gasteiger partial charge on any atom is -0.495 e. The van der Waals surface area contributed by atoms with Crippen LogP contribution in [0.2, 0.25) is 0 Å². The predicted molar refractivity (Wildman–Crippen MR) is 93.3 cm³/mol. The minimum absolute atomic E-state index is 0.811. The molecule has 0 spiro atoms. The molecule has 0 fully saturated rings. The molecule has 0 atom stereocenters. The van der Waals surface area contributed by atoms with E-state index in [4.69, 9.17) is 9.72 Å². The average molecular weight is 310 g/mol. The lowest BCUT2D eigenvalue weighted by molar-refractivity contribution is 0.417. The lowest BCUT2D eigenvalue weighted by Crippen LogP contribution is -1.94. The van der Waals surface area contributed by atoms with Crippen LogP contribution in [-0.2, 0) is 0 Å². The monoisotopic (exact) mass is 310 g/mol. The maximum Gasteiger partial charge on any atom is 0.187 e. The van der Waals surface area contributed by atoms with Crippen LogP contribution in [0.1, 0.15) is 11.1 Å². The first-order valence-electron chi connectivity index (χ1n) is 7.10. The molecule has 1 N–H and O–H groups in total. The van der Waals surface area contributed by atoms with E-state index in [9.17, 15) is 0 Å². The molecule has 0 aliphatic heterocycles. The number of aryl methyl sites for hydroxylation is 2. The van der Waals surface area contributed by atoms with Crippen molar-refractivity contribution in [2.24, 2.45) is 0 Å². The molecule has 4 heteroatoms. The van der Waals surface area contributed by atoms with Crippen LogP contribution in [0.3, 0.4) is 0 Å². The summed E-state index contributed by atoms with van der Waals surface area (Å²) in [4.78, 5) is 4.69. The number of aromatic nitrogens is 1. The van der Waals surface area contributed by atoms with E-state index in [2.05, 4.69) is 42.7 Å². The zero-order valence-electron chi connectivity index (χ0n) is 12.9. The van der Waals surface area contributed by atoms with Crippen molar-refractivity contribution in [2.45, 2.75) is 13.8 Å². The molecule has 0 aliphatic carbocycles. The number of para-hydroxylation sites is 2. The van der Waals surface area contributed by atoms with Crippen molar-refractivity contribution >= 4 is 22.2 Å². The van der Waals surface area contributed by atoms with Gasteiger partial charge in [0, 0.05) is 10.9 Å². The fourth-order valence-electron chi connectivity index (χ4n) is 2.42. The zero-order valence-corrected chi connectivity index (χ0v) is 13.7. The van der Waals surface area contributed by atoms with Gasteiger partial charge in [0.1, 0.15) is 5.75 Å². The van der Waals surface area contributed by atoms with Crippen LogP contribution in [0.25, 0.3) is 11.3 Å². The molecule has 0 unspecified atom stereocenters. The van der Waals surface area contributed by atoms with Crippen LogP contribution in [0.15, 0.2) is 47.8 Å². The number of methoxy groups -OCH3 is 1. The highest BCUT2D eigenvalue weighted by Crippen LogP contribution is 2.32. The topological polar surface area (TPSA) is 34.1 Å². The number of ether oxygens (including phenoxy) is 1. The van der Waals surface area contributed by atoms with Crippen LogP contribution in [0.5, 0.6) is 5.75 Å². The molecule has 22 heavy (non-hydrogen) atoms. The number of benzene rings is 2. The van der Waals surface area contributed by atoms with Gasteiger partial charge in [-0.25, -0.2) is 4.98 Å². The first-order valence-corrected chi connectivity index (χ1v) is 7.98. The zero-order chi connectivity index (χ0) is 15.5. The Hall–Kier alpha value is -2.33. The molecule has 3 aromatic rings. The Morgan fingerprint density at radius 3 is 2.68 bits per heavy atom. The average Bonchev–Trinajstić information content (AvgIpc) is 2.96. The molecule has 112 valence electrons. The van der Waals surface area contributed by atoms with Crippen molar-refractivity contribution in [1.29, 1.82) is 0 Å². The molecule has 0 radical (unpaired) electrons. The summed E-state index contributed by atoms with van der Waals surface area (Å²) < 4.78 is 5.36. The van der Waals surface area contributed by atoms with Gasteiger partial charge in [0.15, 0.2) is 5.13 Å². The van der Waals surface area contributed by atoms with Gasteiger partial charge in [-0.3, -0.25) is 0 Å². The normalized spacial score (nSPS) is 10.5. The first-order chi connectivity index (χ1) is 10.7. The Labute approximate surface area is 134 Å². The fraction of sp³-hybridized carbons (Fsp3) is 0.167. The van der Waals surface area contributed by atoms with E-state index in [0.717, 1.165) is 22.3 Å². The van der Waals surface area contributed by atoms with Crippen LogP contribution in [-0.4, -0.2) is 12.1 Å². The smallest absolute Gasteiger partial charge is 0.187 e. The Balaban J connectivity index is 1.88. The molecule has 0 saturated heterocycles. The summed E-state index contributed by atoms with van der Waals surface area (Å²) in [5.41, 5.74) is 5.61. The molecule has 2 aromatic carbocycles. The summed E-state index contributed by atoms with van der Waals surface area (Å²) in [6, 6.07) is 14.3. The maximum atomic E-state index is 5.36. The Morgan fingerprint density at radius 1 is 1.09 bits per heavy atom. The highest BCUT2D eigenvalue weighted by atomic mass is 32.1. The van der Waals surface area contributed by atoms with Gasteiger partial charge in [0.05, 0.1) is 18.5 Å². The van der Waals surface area contributed by atoms with Crippen molar-refractivity contribution in [3.05, 3.63) is 59.0 Å². The maximum absolute atomic E-state index is 5.36. The molecular formula is C18H18N2OS. The lowest BCUT2D eigenvalue weighted by Gasteiger charge is -2.08. The van der Waals surface area contributed by atoms with E-state index >= 15 is 0 Å². The third-order valence-corrected chi connectivity index (χ3v) is 4.27. The molecule has 3 rings (SSSR count). The number of hydrogen-bond donors (Lipinski definition) is 1. The van der Waals surface area contributed by atoms with Crippen molar-refractivity contribution in [1.82, 2.24) is 4.98 Å². The second kappa shape index (κ2) is 6.20. The lowest BCUT2D eigenvalue weighted by atomic mass is 10.0. The standard InChI is InChI=1S/C18H18N2OS/c1-12-8-9-14(13(2)10-12)16-11-22-18(20-16)19-15-6-4-5-7-17(15)21-3/h4-11H,1-3H3,(H,19,20). The van der Waals surface area contributed by atoms with Crippen molar-refractivity contribution in [2.75, 3.05) is 12.4 Å². The van der Waals surface area contributed by atoms with E-state index in [1.54, 1.807) is 18.4 Å². The van der Waals surface area contributed by atoms with Gasteiger partial charge < -0.3 is 10.1 Å². The fourth-order valence-corrected chi connectivity index (χ4v) is 3.14. The third kappa shape index (κ3) is 2.97. The third-order valence-electron chi connectivity index (χ3n) is 3.51. The van der Waals surface area contributed by atoms with Crippen LogP contribution >= 0.6 is 11.3 Å². The van der Waals surface area contributed by atoms with Crippen LogP contribution in [0.4, 0.5) is 10.8 Å². The molecule has 0 saturated carbocycles. The number of nitrogens with zero attached hydrogens (tertiary/aromatic N) is 1. The van der Waals surface area contributed by atoms with Crippen molar-refractivity contribution in [3.63, 3.8) is 0 Å². The van der Waals surface area contributed by atoms with Gasteiger partial charge in [-0.15, -0.1) is 11.3 Å². The van der Waals surface area contributed by atoms with Gasteiger partial charge in [0.25, 0.3) is 0 Å². The van der Waals surface area contributed by atoms with Crippen LogP contribution in [0, 0.1) is 13.8 Å². The molecule has 0 aliphatic rings. The van der Waals surface area contributed by atoms with E-state index in [0.29, 0.717) is 0 Å². The highest BCUT2D eigenvalue weighted by molar-refractivity contribution is 7.14. The van der Waals surface area contributed by atoms with Crippen LogP contribution < -0.4 is 10.1 Å². The summed E-state index contributed by atoms with van der Waals surface area (Å²) in [6.45, 7) is 4.22. The van der Waals surface area contributed by atoms with Crippen molar-refractivity contribution in [3.8, 4) is 17.0 Å². The summed E-state index contributed by atoms with van der Waals surface area (Å²) >= 11 is 1.59. The number of anilines is 2. The summed E-state index contributed by atoms with van der Waals surface area (Å²) in [5.74, 6) is 0.811. The minimum atomic E-state index is 0.811. The van der Waals surface area contributed by atoms with Gasteiger partial charge in [-0.2, -0.15) is 0 Å². The molecule has 0 bridgehead atoms. The molecule has 0 amide bonds. The Kier molecular flexibility index (Phi) is 4.11. The highest BCUT2D eigenvalue weighted by Gasteiger charge is 2.09. The second-order valence-corrected chi connectivity index (χ2v) is 6.04. The predicted octanol–water partition coefficient (Wildman–Crippen LogP) is 5.18. The molecular weight excluding hydrogens is 292 g/mol. The Bertz CT molecular complexity index is 795. The van der Waals surface area contributed by atoms with E-state index in [-0.39, 0.29) is 0 Å². The summed E-state index contributed by atoms with van der Waals surface area (Å²) in [5, 5.41) is 6.27. The van der Waals surface area contributed by atoms with Gasteiger partial charge in [0.2, 0.25) is 0 Å². The van der Waals surface area contributed by atoms with E-state index < -0.39 is 0 Å². The van der Waals surface area contributed by atoms with Crippen molar-refractivity contribution < 1.29 is 4.74 Å². The number of hydrogen-bond acceptors (Lipinski definition) is 4. The number of thiazole rings is 1. The van der Waals surface area contributed by atoms with Gasteiger partial charge >= 0.3 is 0 Å². The van der Waals surface area contributed by atoms with E-state index in [1.807, 2.05) is 24.3 Å². The second-order valence-electron chi connectivity index (χ2n) is 5.18. The quantitative estimate of drug-likeness (QED) is 0.721. The molecule has 1 aromatic heterocycles. The SMILES string of the molecule is COc1ccccc1Nc1nc(-c2ccc(C)cc2C)cs1. The molecule has 3 nitrogen and oxygen atoms in total. The summed E-state index contributed by atoms with van der Waals surface area (Å²) in [7, 11) is 1.67. The van der Waals surface area contributed by atoms with E-state index in [1.165, 1.54) is 16.7 Å². The first kappa shape index (κ1) is 14.6. The Morgan fingerprint density at radius 2 is 1.91 bits per heavy atom. The number of nitrogens with one attached hydrogen (secondary N) is 1. The summed E-state index contributed by atoms with van der Waals surface area (Å²) in [6.07, 6.45) is 0.